The molecular formula is C17H14N6O. The summed E-state index contributed by atoms with van der Waals surface area (Å²) in [6.07, 6.45) is 1.57. The van der Waals surface area contributed by atoms with Gasteiger partial charge in [-0.2, -0.15) is 10.1 Å². The van der Waals surface area contributed by atoms with Crippen LogP contribution in [-0.2, 0) is 0 Å². The van der Waals surface area contributed by atoms with E-state index in [0.29, 0.717) is 11.6 Å². The van der Waals surface area contributed by atoms with Crippen molar-refractivity contribution < 1.29 is 5.11 Å². The standard InChI is InChI=1S/C17H14N6O/c1-10-5-6-14-13(7-10)15-16(19-14)20-17(23-21-15)22-18-9-11-3-2-4-12(24)8-11/h2-9,24H,1H3,(H2,19,20,22,23)/b18-9+. The largest absolute Gasteiger partial charge is 0.508 e. The topological polar surface area (TPSA) is 99.1 Å². The van der Waals surface area contributed by atoms with E-state index in [1.165, 1.54) is 0 Å². The summed E-state index contributed by atoms with van der Waals surface area (Å²) < 4.78 is 0. The monoisotopic (exact) mass is 318 g/mol. The predicted molar refractivity (Wildman–Crippen MR) is 93.3 cm³/mol. The molecule has 0 saturated carbocycles. The Morgan fingerprint density at radius 1 is 1.17 bits per heavy atom. The zero-order valence-electron chi connectivity index (χ0n) is 12.9. The van der Waals surface area contributed by atoms with Gasteiger partial charge in [-0.05, 0) is 36.8 Å². The smallest absolute Gasteiger partial charge is 0.265 e. The van der Waals surface area contributed by atoms with E-state index < -0.39 is 0 Å². The molecule has 4 rings (SSSR count). The molecule has 7 heteroatoms. The number of phenols is 1. The highest BCUT2D eigenvalue weighted by Gasteiger charge is 2.08. The summed E-state index contributed by atoms with van der Waals surface area (Å²) in [5.74, 6) is 0.480. The zero-order chi connectivity index (χ0) is 16.5. The van der Waals surface area contributed by atoms with Crippen LogP contribution in [0.5, 0.6) is 5.75 Å². The third-order valence-electron chi connectivity index (χ3n) is 3.62. The molecule has 2 aromatic carbocycles. The zero-order valence-corrected chi connectivity index (χ0v) is 12.9. The van der Waals surface area contributed by atoms with E-state index in [1.807, 2.05) is 25.1 Å². The third-order valence-corrected chi connectivity index (χ3v) is 3.62. The van der Waals surface area contributed by atoms with E-state index in [1.54, 1.807) is 24.4 Å². The van der Waals surface area contributed by atoms with Crippen molar-refractivity contribution in [3.63, 3.8) is 0 Å². The van der Waals surface area contributed by atoms with Gasteiger partial charge in [-0.15, -0.1) is 10.2 Å². The van der Waals surface area contributed by atoms with Gasteiger partial charge in [0.1, 0.15) is 11.3 Å². The lowest BCUT2D eigenvalue weighted by Gasteiger charge is -1.98. The Morgan fingerprint density at radius 3 is 2.96 bits per heavy atom. The molecule has 24 heavy (non-hydrogen) atoms. The number of aromatic amines is 1. The summed E-state index contributed by atoms with van der Waals surface area (Å²) in [5.41, 5.74) is 7.02. The van der Waals surface area contributed by atoms with Gasteiger partial charge >= 0.3 is 0 Å². The number of hydrazone groups is 1. The van der Waals surface area contributed by atoms with E-state index in [-0.39, 0.29) is 5.75 Å². The number of rotatable bonds is 3. The third kappa shape index (κ3) is 2.63. The number of hydrogen-bond donors (Lipinski definition) is 3. The van der Waals surface area contributed by atoms with Crippen LogP contribution in [0.4, 0.5) is 5.95 Å². The quantitative estimate of drug-likeness (QED) is 0.398. The molecule has 0 amide bonds. The van der Waals surface area contributed by atoms with E-state index in [4.69, 9.17) is 0 Å². The van der Waals surface area contributed by atoms with Crippen LogP contribution >= 0.6 is 0 Å². The number of H-pyrrole nitrogens is 1. The van der Waals surface area contributed by atoms with Crippen LogP contribution in [0.25, 0.3) is 22.1 Å². The summed E-state index contributed by atoms with van der Waals surface area (Å²) in [4.78, 5) is 7.61. The number of nitrogens with zero attached hydrogens (tertiary/aromatic N) is 4. The Morgan fingerprint density at radius 2 is 2.08 bits per heavy atom. The van der Waals surface area contributed by atoms with Crippen LogP contribution in [0, 0.1) is 6.92 Å². The van der Waals surface area contributed by atoms with Crippen LogP contribution in [0.1, 0.15) is 11.1 Å². The normalized spacial score (nSPS) is 11.5. The minimum atomic E-state index is 0.187. The summed E-state index contributed by atoms with van der Waals surface area (Å²) in [5, 5.41) is 22.8. The van der Waals surface area contributed by atoms with Crippen molar-refractivity contribution in [1.29, 1.82) is 0 Å². The number of aryl methyl sites for hydroxylation is 1. The van der Waals surface area contributed by atoms with Crippen molar-refractivity contribution in [2.75, 3.05) is 5.43 Å². The van der Waals surface area contributed by atoms with Gasteiger partial charge in [-0.25, -0.2) is 5.43 Å². The number of nitrogens with one attached hydrogen (secondary N) is 2. The number of aromatic hydroxyl groups is 1. The van der Waals surface area contributed by atoms with Gasteiger partial charge in [-0.1, -0.05) is 23.8 Å². The molecule has 0 unspecified atom stereocenters. The van der Waals surface area contributed by atoms with Crippen molar-refractivity contribution >= 4 is 34.2 Å². The molecule has 4 aromatic rings. The predicted octanol–water partition coefficient (Wildman–Crippen LogP) is 2.97. The molecule has 118 valence electrons. The first-order valence-electron chi connectivity index (χ1n) is 7.40. The van der Waals surface area contributed by atoms with Crippen molar-refractivity contribution in [3.8, 4) is 5.75 Å². The minimum absolute atomic E-state index is 0.187. The van der Waals surface area contributed by atoms with Crippen LogP contribution < -0.4 is 5.43 Å². The van der Waals surface area contributed by atoms with Crippen molar-refractivity contribution in [3.05, 3.63) is 53.6 Å². The van der Waals surface area contributed by atoms with Gasteiger partial charge in [0.25, 0.3) is 5.95 Å². The SMILES string of the molecule is Cc1ccc2[nH]c3nc(N/N=C/c4cccc(O)c4)nnc3c2c1. The molecule has 0 spiro atoms. The highest BCUT2D eigenvalue weighted by atomic mass is 16.3. The van der Waals surface area contributed by atoms with Crippen LogP contribution in [0.3, 0.4) is 0 Å². The van der Waals surface area contributed by atoms with Gasteiger partial charge in [-0.3, -0.25) is 0 Å². The molecule has 0 aliphatic rings. The first kappa shape index (κ1) is 14.1. The van der Waals surface area contributed by atoms with Crippen LogP contribution in [0.15, 0.2) is 47.6 Å². The molecule has 0 aliphatic heterocycles. The number of anilines is 1. The molecule has 3 N–H and O–H groups in total. The molecule has 0 bridgehead atoms. The number of benzene rings is 2. The van der Waals surface area contributed by atoms with Crippen molar-refractivity contribution in [2.45, 2.75) is 6.92 Å². The highest BCUT2D eigenvalue weighted by Crippen LogP contribution is 2.23. The minimum Gasteiger partial charge on any atom is -0.508 e. The van der Waals surface area contributed by atoms with E-state index in [2.05, 4.69) is 36.8 Å². The number of phenolic OH excluding ortho intramolecular Hbond substituents is 1. The first-order valence-corrected chi connectivity index (χ1v) is 7.40. The van der Waals surface area contributed by atoms with Crippen LogP contribution in [0.2, 0.25) is 0 Å². The Bertz CT molecular complexity index is 1070. The summed E-state index contributed by atoms with van der Waals surface area (Å²) in [7, 11) is 0. The van der Waals surface area contributed by atoms with Crippen LogP contribution in [-0.4, -0.2) is 31.5 Å². The van der Waals surface area contributed by atoms with Gasteiger partial charge in [0.2, 0.25) is 0 Å². The second kappa shape index (κ2) is 5.62. The fourth-order valence-electron chi connectivity index (χ4n) is 2.50. The Hall–Kier alpha value is -3.48. The molecule has 7 nitrogen and oxygen atoms in total. The molecule has 0 aliphatic carbocycles. The van der Waals surface area contributed by atoms with Crippen molar-refractivity contribution in [2.24, 2.45) is 5.10 Å². The van der Waals surface area contributed by atoms with Gasteiger partial charge in [0, 0.05) is 10.9 Å². The maximum atomic E-state index is 9.42. The summed E-state index contributed by atoms with van der Waals surface area (Å²) >= 11 is 0. The molecule has 0 saturated heterocycles. The average molecular weight is 318 g/mol. The summed E-state index contributed by atoms with van der Waals surface area (Å²) in [6, 6.07) is 12.9. The van der Waals surface area contributed by atoms with Gasteiger partial charge < -0.3 is 10.1 Å². The second-order valence-corrected chi connectivity index (χ2v) is 5.47. The number of aromatic nitrogens is 4. The lowest BCUT2D eigenvalue weighted by molar-refractivity contribution is 0.475. The maximum Gasteiger partial charge on any atom is 0.265 e. The number of hydrogen-bond acceptors (Lipinski definition) is 6. The molecule has 0 fully saturated rings. The fourth-order valence-corrected chi connectivity index (χ4v) is 2.50. The average Bonchev–Trinajstić information content (AvgIpc) is 2.92. The van der Waals surface area contributed by atoms with E-state index in [0.717, 1.165) is 27.5 Å². The Balaban J connectivity index is 1.62. The lowest BCUT2D eigenvalue weighted by atomic mass is 10.2. The molecule has 2 aromatic heterocycles. The molecule has 0 radical (unpaired) electrons. The molecular weight excluding hydrogens is 304 g/mol. The van der Waals surface area contributed by atoms with E-state index >= 15 is 0 Å². The van der Waals surface area contributed by atoms with Gasteiger partial charge in [0.05, 0.1) is 6.21 Å². The van der Waals surface area contributed by atoms with Crippen molar-refractivity contribution in [1.82, 2.24) is 20.2 Å². The maximum absolute atomic E-state index is 9.42. The summed E-state index contributed by atoms with van der Waals surface area (Å²) in [6.45, 7) is 2.03. The van der Waals surface area contributed by atoms with E-state index in [9.17, 15) is 5.11 Å². The van der Waals surface area contributed by atoms with Gasteiger partial charge in [0.15, 0.2) is 5.65 Å². The lowest BCUT2D eigenvalue weighted by Crippen LogP contribution is -1.98. The second-order valence-electron chi connectivity index (χ2n) is 5.47. The first-order chi connectivity index (χ1) is 11.7. The highest BCUT2D eigenvalue weighted by molar-refractivity contribution is 6.03. The Labute approximate surface area is 137 Å². The number of fused-ring (bicyclic) bond motifs is 3. The fraction of sp³-hybridized carbons (Fsp3) is 0.0588. The Kier molecular flexibility index (Phi) is 3.31. The molecule has 0 atom stereocenters. The molecule has 2 heterocycles.